The first-order valence-electron chi connectivity index (χ1n) is 7.28. The summed E-state index contributed by atoms with van der Waals surface area (Å²) in [5.74, 6) is 1.55. The van der Waals surface area contributed by atoms with Gasteiger partial charge in [0.2, 0.25) is 5.82 Å². The normalized spacial score (nSPS) is 18.5. The Bertz CT molecular complexity index is 731. The van der Waals surface area contributed by atoms with Crippen molar-refractivity contribution in [3.05, 3.63) is 34.6 Å². The van der Waals surface area contributed by atoms with Gasteiger partial charge in [0.25, 0.3) is 0 Å². The van der Waals surface area contributed by atoms with Crippen molar-refractivity contribution in [2.24, 2.45) is 4.99 Å². The molecule has 2 aromatic rings. The number of aromatic nitrogens is 4. The van der Waals surface area contributed by atoms with E-state index in [9.17, 15) is 0 Å². The lowest BCUT2D eigenvalue weighted by Crippen LogP contribution is -2.48. The number of aliphatic imine (C=N–C) groups is 1. The molecule has 0 saturated carbocycles. The first kappa shape index (κ1) is 13.7. The highest BCUT2D eigenvalue weighted by atomic mass is 35.5. The zero-order valence-corrected chi connectivity index (χ0v) is 13.0. The van der Waals surface area contributed by atoms with E-state index in [-0.39, 0.29) is 0 Å². The van der Waals surface area contributed by atoms with Gasteiger partial charge in [-0.1, -0.05) is 17.7 Å². The van der Waals surface area contributed by atoms with E-state index in [1.54, 1.807) is 4.68 Å². The van der Waals surface area contributed by atoms with Crippen molar-refractivity contribution in [2.75, 3.05) is 33.2 Å². The van der Waals surface area contributed by atoms with Gasteiger partial charge in [0.1, 0.15) is 0 Å². The maximum absolute atomic E-state index is 6.13. The number of hydrogen-bond acceptors (Lipinski definition) is 6. The molecule has 114 valence electrons. The molecule has 1 saturated heterocycles. The van der Waals surface area contributed by atoms with Crippen LogP contribution in [0.5, 0.6) is 0 Å². The molecule has 22 heavy (non-hydrogen) atoms. The van der Waals surface area contributed by atoms with Crippen molar-refractivity contribution in [1.82, 2.24) is 30.0 Å². The van der Waals surface area contributed by atoms with E-state index in [0.29, 0.717) is 11.6 Å². The van der Waals surface area contributed by atoms with Gasteiger partial charge in [-0.15, -0.1) is 5.10 Å². The number of hydrogen-bond donors (Lipinski definition) is 0. The summed E-state index contributed by atoms with van der Waals surface area (Å²) >= 11 is 6.13. The largest absolute Gasteiger partial charge is 0.351 e. The van der Waals surface area contributed by atoms with Crippen LogP contribution in [0.15, 0.2) is 23.2 Å². The summed E-state index contributed by atoms with van der Waals surface area (Å²) in [6.07, 6.45) is 0. The van der Waals surface area contributed by atoms with E-state index < -0.39 is 0 Å². The smallest absolute Gasteiger partial charge is 0.218 e. The first-order chi connectivity index (χ1) is 10.7. The number of fused-ring (bicyclic) bond motifs is 2. The third kappa shape index (κ3) is 2.36. The third-order valence-electron chi connectivity index (χ3n) is 4.13. The van der Waals surface area contributed by atoms with Crippen molar-refractivity contribution in [2.45, 2.75) is 6.54 Å². The number of benzene rings is 1. The quantitative estimate of drug-likeness (QED) is 0.726. The third-order valence-corrected chi connectivity index (χ3v) is 4.36. The molecule has 1 fully saturated rings. The highest BCUT2D eigenvalue weighted by Crippen LogP contribution is 2.28. The van der Waals surface area contributed by atoms with Crippen LogP contribution < -0.4 is 0 Å². The average molecular weight is 318 g/mol. The van der Waals surface area contributed by atoms with E-state index in [2.05, 4.69) is 32.4 Å². The van der Waals surface area contributed by atoms with Gasteiger partial charge in [0, 0.05) is 31.2 Å². The molecule has 0 bridgehead atoms. The fraction of sp³-hybridized carbons (Fsp3) is 0.429. The summed E-state index contributed by atoms with van der Waals surface area (Å²) < 4.78 is 1.80. The molecule has 2 aliphatic rings. The molecule has 2 aliphatic heterocycles. The van der Waals surface area contributed by atoms with Crippen molar-refractivity contribution in [3.63, 3.8) is 0 Å². The molecule has 7 nitrogen and oxygen atoms in total. The summed E-state index contributed by atoms with van der Waals surface area (Å²) in [5.41, 5.74) is 1.95. The van der Waals surface area contributed by atoms with Gasteiger partial charge in [-0.25, -0.2) is 9.67 Å². The predicted molar refractivity (Wildman–Crippen MR) is 83.6 cm³/mol. The van der Waals surface area contributed by atoms with Crippen LogP contribution in [0.2, 0.25) is 5.02 Å². The van der Waals surface area contributed by atoms with Crippen molar-refractivity contribution in [3.8, 4) is 0 Å². The monoisotopic (exact) mass is 317 g/mol. The molecule has 3 heterocycles. The van der Waals surface area contributed by atoms with Gasteiger partial charge in [-0.3, -0.25) is 0 Å². The Labute approximate surface area is 133 Å². The lowest BCUT2D eigenvalue weighted by atomic mass is 10.2. The van der Waals surface area contributed by atoms with Crippen molar-refractivity contribution in [1.29, 1.82) is 0 Å². The highest BCUT2D eigenvalue weighted by Gasteiger charge is 2.26. The fourth-order valence-electron chi connectivity index (χ4n) is 2.80. The number of rotatable bonds is 0. The van der Waals surface area contributed by atoms with Crippen LogP contribution in [0, 0.1) is 0 Å². The van der Waals surface area contributed by atoms with E-state index in [4.69, 9.17) is 16.6 Å². The summed E-state index contributed by atoms with van der Waals surface area (Å²) in [6.45, 7) is 4.44. The molecule has 0 atom stereocenters. The number of amidine groups is 1. The Kier molecular flexibility index (Phi) is 3.31. The van der Waals surface area contributed by atoms with Crippen LogP contribution in [-0.2, 0) is 6.54 Å². The van der Waals surface area contributed by atoms with Crippen LogP contribution in [-0.4, -0.2) is 69.1 Å². The second kappa shape index (κ2) is 5.33. The van der Waals surface area contributed by atoms with Gasteiger partial charge in [0.15, 0.2) is 5.84 Å². The Hall–Kier alpha value is -1.99. The summed E-state index contributed by atoms with van der Waals surface area (Å²) in [6, 6.07) is 5.76. The Morgan fingerprint density at radius 3 is 2.77 bits per heavy atom. The van der Waals surface area contributed by atoms with Gasteiger partial charge >= 0.3 is 0 Å². The van der Waals surface area contributed by atoms with Crippen molar-refractivity contribution < 1.29 is 0 Å². The minimum absolute atomic E-state index is 0.607. The van der Waals surface area contributed by atoms with Gasteiger partial charge in [-0.05, 0) is 35.2 Å². The average Bonchev–Trinajstić information content (AvgIpc) is 2.91. The number of likely N-dealkylation sites (N-methyl/N-ethyl adjacent to an activating group) is 1. The maximum atomic E-state index is 6.13. The number of nitrogens with zero attached hydrogens (tertiary/aromatic N) is 7. The summed E-state index contributed by atoms with van der Waals surface area (Å²) in [7, 11) is 2.13. The Morgan fingerprint density at radius 2 is 1.95 bits per heavy atom. The second-order valence-electron chi connectivity index (χ2n) is 5.66. The van der Waals surface area contributed by atoms with Gasteiger partial charge in [0.05, 0.1) is 12.2 Å². The van der Waals surface area contributed by atoms with Crippen LogP contribution in [0.4, 0.5) is 5.69 Å². The van der Waals surface area contributed by atoms with Crippen LogP contribution in [0.3, 0.4) is 0 Å². The highest BCUT2D eigenvalue weighted by molar-refractivity contribution is 6.30. The minimum atomic E-state index is 0.607. The molecule has 0 spiro atoms. The molecule has 0 N–H and O–H groups in total. The standard InChI is InChI=1S/C14H16ClN7/c1-20-4-6-21(7-5-20)13-14-17-18-19-22(14)9-10-2-3-11(15)8-12(10)16-13/h2-3,8H,4-7,9H2,1H3. The molecule has 4 rings (SSSR count). The maximum Gasteiger partial charge on any atom is 0.218 e. The predicted octanol–water partition coefficient (Wildman–Crippen LogP) is 1.01. The molecule has 0 amide bonds. The lowest BCUT2D eigenvalue weighted by molar-refractivity contribution is 0.215. The first-order valence-corrected chi connectivity index (χ1v) is 7.65. The summed E-state index contributed by atoms with van der Waals surface area (Å²) in [4.78, 5) is 9.39. The van der Waals surface area contributed by atoms with Gasteiger partial charge in [-0.2, -0.15) is 0 Å². The van der Waals surface area contributed by atoms with E-state index in [1.165, 1.54) is 0 Å². The van der Waals surface area contributed by atoms with E-state index >= 15 is 0 Å². The topological polar surface area (TPSA) is 62.4 Å². The van der Waals surface area contributed by atoms with Crippen LogP contribution in [0.1, 0.15) is 11.4 Å². The molecule has 1 aromatic carbocycles. The van der Waals surface area contributed by atoms with Crippen LogP contribution >= 0.6 is 11.6 Å². The zero-order valence-electron chi connectivity index (χ0n) is 12.3. The molecule has 0 unspecified atom stereocenters. The molecule has 0 radical (unpaired) electrons. The van der Waals surface area contributed by atoms with Crippen LogP contribution in [0.25, 0.3) is 0 Å². The van der Waals surface area contributed by atoms with Gasteiger partial charge < -0.3 is 9.80 Å². The zero-order chi connectivity index (χ0) is 15.1. The SMILES string of the molecule is CN1CCN(C2=Nc3cc(Cl)ccc3Cn3nnnc32)CC1. The number of halogens is 1. The molecule has 8 heteroatoms. The van der Waals surface area contributed by atoms with E-state index in [0.717, 1.165) is 49.1 Å². The Balaban J connectivity index is 1.80. The molecule has 0 aliphatic carbocycles. The van der Waals surface area contributed by atoms with Crippen molar-refractivity contribution >= 4 is 23.1 Å². The molecular weight excluding hydrogens is 302 g/mol. The number of tetrazole rings is 1. The molecular formula is C14H16ClN7. The number of piperazine rings is 1. The second-order valence-corrected chi connectivity index (χ2v) is 6.10. The Morgan fingerprint density at radius 1 is 1.14 bits per heavy atom. The lowest BCUT2D eigenvalue weighted by Gasteiger charge is -2.33. The minimum Gasteiger partial charge on any atom is -0.351 e. The summed E-state index contributed by atoms with van der Waals surface area (Å²) in [5, 5.41) is 12.8. The fourth-order valence-corrected chi connectivity index (χ4v) is 2.97. The molecule has 1 aromatic heterocycles. The van der Waals surface area contributed by atoms with E-state index in [1.807, 2.05) is 18.2 Å².